The fourth-order valence-corrected chi connectivity index (χ4v) is 3.23. The van der Waals surface area contributed by atoms with Crippen molar-refractivity contribution in [2.75, 3.05) is 6.54 Å². The molecule has 0 amide bonds. The van der Waals surface area contributed by atoms with Crippen molar-refractivity contribution in [3.05, 3.63) is 69.5 Å². The number of aliphatic carboxylic acids is 2. The van der Waals surface area contributed by atoms with E-state index in [2.05, 4.69) is 0 Å². The van der Waals surface area contributed by atoms with Gasteiger partial charge in [0.2, 0.25) is 0 Å². The topological polar surface area (TPSA) is 77.8 Å². The number of hydrogen-bond acceptors (Lipinski definition) is 3. The summed E-state index contributed by atoms with van der Waals surface area (Å²) in [6.45, 7) is 0.281. The van der Waals surface area contributed by atoms with Crippen LogP contribution in [0.25, 0.3) is 0 Å². The van der Waals surface area contributed by atoms with Gasteiger partial charge in [-0.1, -0.05) is 29.8 Å². The summed E-state index contributed by atoms with van der Waals surface area (Å²) in [5.74, 6) is -6.55. The molecule has 2 aromatic carbocycles. The Morgan fingerprint density at radius 3 is 2.23 bits per heavy atom. The molecule has 2 aromatic rings. The fraction of sp³-hybridized carbons (Fsp3) is 0.263. The molecule has 5 nitrogen and oxygen atoms in total. The number of nitrogens with zero attached hydrogens (tertiary/aromatic N) is 1. The highest BCUT2D eigenvalue weighted by molar-refractivity contribution is 6.31. The molecule has 31 heavy (non-hydrogen) atoms. The van der Waals surface area contributed by atoms with Gasteiger partial charge < -0.3 is 10.2 Å². The van der Waals surface area contributed by atoms with Crippen molar-refractivity contribution in [3.63, 3.8) is 0 Å². The average molecular weight is 470 g/mol. The van der Waals surface area contributed by atoms with Crippen molar-refractivity contribution >= 4 is 23.5 Å². The number of carboxylic acid groups (broad SMARTS) is 2. The highest BCUT2D eigenvalue weighted by atomic mass is 35.5. The molecule has 0 saturated heterocycles. The summed E-state index contributed by atoms with van der Waals surface area (Å²) in [6, 6.07) is 5.35. The molecule has 1 aliphatic rings. The minimum Gasteiger partial charge on any atom is -0.480 e. The Balaban J connectivity index is 0.000000423. The highest BCUT2D eigenvalue weighted by Crippen LogP contribution is 2.34. The Hall–Kier alpha value is -2.79. The van der Waals surface area contributed by atoms with Crippen LogP contribution in [0, 0.1) is 17.5 Å². The zero-order valence-corrected chi connectivity index (χ0v) is 16.1. The second kappa shape index (κ2) is 9.56. The first-order valence-electron chi connectivity index (χ1n) is 8.51. The molecule has 168 valence electrons. The maximum absolute atomic E-state index is 13.9. The third-order valence-electron chi connectivity index (χ3n) is 4.42. The van der Waals surface area contributed by atoms with Crippen LogP contribution in [0.4, 0.5) is 26.3 Å². The fourth-order valence-electron chi connectivity index (χ4n) is 3.05. The van der Waals surface area contributed by atoms with Crippen LogP contribution < -0.4 is 0 Å². The van der Waals surface area contributed by atoms with Gasteiger partial charge in [-0.3, -0.25) is 9.69 Å². The van der Waals surface area contributed by atoms with Gasteiger partial charge in [-0.25, -0.2) is 18.0 Å². The molecule has 1 heterocycles. The van der Waals surface area contributed by atoms with Crippen LogP contribution in [-0.4, -0.2) is 39.8 Å². The third-order valence-corrected chi connectivity index (χ3v) is 4.85. The molecule has 1 unspecified atom stereocenters. The standard InChI is InChI=1S/C17H13ClF3NO2.C2HF3O2/c18-14-9(2-1-3-12(14)19)8-22-7-6-10-11(16(22)17(23)24)4-5-13(20)15(10)21;3-2(4,5)1(6)7/h1-5,16H,6-8H2,(H,23,24);(H,6,7). The zero-order chi connectivity index (χ0) is 23.5. The van der Waals surface area contributed by atoms with Crippen molar-refractivity contribution in [2.24, 2.45) is 0 Å². The average Bonchev–Trinajstić information content (AvgIpc) is 2.67. The lowest BCUT2D eigenvalue weighted by molar-refractivity contribution is -0.192. The third kappa shape index (κ3) is 5.67. The Bertz CT molecular complexity index is 998. The number of alkyl halides is 3. The van der Waals surface area contributed by atoms with Gasteiger partial charge in [-0.2, -0.15) is 13.2 Å². The normalized spacial score (nSPS) is 16.2. The minimum absolute atomic E-state index is 0.0716. The van der Waals surface area contributed by atoms with Crippen LogP contribution in [0.1, 0.15) is 22.7 Å². The summed E-state index contributed by atoms with van der Waals surface area (Å²) in [5, 5.41) is 16.6. The minimum atomic E-state index is -5.08. The summed E-state index contributed by atoms with van der Waals surface area (Å²) in [6.07, 6.45) is -4.92. The molecule has 12 heteroatoms. The van der Waals surface area contributed by atoms with Gasteiger partial charge in [0.1, 0.15) is 11.9 Å². The van der Waals surface area contributed by atoms with E-state index in [4.69, 9.17) is 21.5 Å². The molecular formula is C19H14ClF6NO4. The van der Waals surface area contributed by atoms with Gasteiger partial charge in [0, 0.05) is 13.1 Å². The van der Waals surface area contributed by atoms with Crippen LogP contribution >= 0.6 is 11.6 Å². The maximum atomic E-state index is 13.9. The molecule has 0 bridgehead atoms. The largest absolute Gasteiger partial charge is 0.490 e. The molecule has 0 spiro atoms. The van der Waals surface area contributed by atoms with E-state index in [0.29, 0.717) is 5.56 Å². The second-order valence-electron chi connectivity index (χ2n) is 6.41. The molecule has 0 aliphatic carbocycles. The number of carboxylic acids is 2. The summed E-state index contributed by atoms with van der Waals surface area (Å²) in [4.78, 5) is 22.2. The van der Waals surface area contributed by atoms with E-state index >= 15 is 0 Å². The van der Waals surface area contributed by atoms with Crippen molar-refractivity contribution in [2.45, 2.75) is 25.2 Å². The monoisotopic (exact) mass is 469 g/mol. The number of benzene rings is 2. The van der Waals surface area contributed by atoms with E-state index in [1.807, 2.05) is 0 Å². The second-order valence-corrected chi connectivity index (χ2v) is 6.78. The van der Waals surface area contributed by atoms with Crippen LogP contribution in [0.5, 0.6) is 0 Å². The van der Waals surface area contributed by atoms with E-state index in [1.54, 1.807) is 11.0 Å². The maximum Gasteiger partial charge on any atom is 0.490 e. The summed E-state index contributed by atoms with van der Waals surface area (Å²) < 4.78 is 72.6. The number of fused-ring (bicyclic) bond motifs is 1. The Labute approximate surface area is 176 Å². The van der Waals surface area contributed by atoms with E-state index in [-0.39, 0.29) is 35.7 Å². The first-order chi connectivity index (χ1) is 14.3. The van der Waals surface area contributed by atoms with E-state index in [1.165, 1.54) is 18.2 Å². The van der Waals surface area contributed by atoms with E-state index < -0.39 is 41.6 Å². The van der Waals surface area contributed by atoms with Crippen molar-refractivity contribution in [3.8, 4) is 0 Å². The van der Waals surface area contributed by atoms with Gasteiger partial charge in [-0.15, -0.1) is 0 Å². The first-order valence-corrected chi connectivity index (χ1v) is 8.89. The Kier molecular flexibility index (Phi) is 7.55. The smallest absolute Gasteiger partial charge is 0.480 e. The van der Waals surface area contributed by atoms with Crippen molar-refractivity contribution in [1.29, 1.82) is 0 Å². The first kappa shape index (κ1) is 24.5. The SMILES string of the molecule is O=C(O)C(F)(F)F.O=C(O)C1c2ccc(F)c(F)c2CCN1Cc1cccc(F)c1Cl. The number of hydrogen-bond donors (Lipinski definition) is 2. The van der Waals surface area contributed by atoms with Gasteiger partial charge in [0.05, 0.1) is 5.02 Å². The van der Waals surface area contributed by atoms with Gasteiger partial charge in [0.25, 0.3) is 0 Å². The molecule has 0 saturated carbocycles. The summed E-state index contributed by atoms with van der Waals surface area (Å²) in [7, 11) is 0. The molecule has 1 atom stereocenters. The lowest BCUT2D eigenvalue weighted by Gasteiger charge is -2.35. The molecule has 0 fully saturated rings. The zero-order valence-electron chi connectivity index (χ0n) is 15.4. The molecule has 3 rings (SSSR count). The molecular weight excluding hydrogens is 456 g/mol. The summed E-state index contributed by atoms with van der Waals surface area (Å²) >= 11 is 5.93. The van der Waals surface area contributed by atoms with Gasteiger partial charge >= 0.3 is 18.1 Å². The Morgan fingerprint density at radius 1 is 1.06 bits per heavy atom. The van der Waals surface area contributed by atoms with Crippen LogP contribution in [0.15, 0.2) is 30.3 Å². The van der Waals surface area contributed by atoms with Crippen molar-refractivity contribution in [1.82, 2.24) is 4.90 Å². The van der Waals surface area contributed by atoms with Gasteiger partial charge in [-0.05, 0) is 35.2 Å². The van der Waals surface area contributed by atoms with Crippen LogP contribution in [0.3, 0.4) is 0 Å². The van der Waals surface area contributed by atoms with Gasteiger partial charge in [0.15, 0.2) is 11.6 Å². The van der Waals surface area contributed by atoms with Crippen LogP contribution in [-0.2, 0) is 22.6 Å². The predicted octanol–water partition coefficient (Wildman–Crippen LogP) is 4.57. The number of rotatable bonds is 3. The molecule has 1 aliphatic heterocycles. The Morgan fingerprint density at radius 2 is 1.68 bits per heavy atom. The van der Waals surface area contributed by atoms with Crippen LogP contribution in [0.2, 0.25) is 5.02 Å². The lowest BCUT2D eigenvalue weighted by Crippen LogP contribution is -2.39. The molecule has 0 aromatic heterocycles. The van der Waals surface area contributed by atoms with E-state index in [0.717, 1.165) is 6.07 Å². The molecule has 0 radical (unpaired) electrons. The quantitative estimate of drug-likeness (QED) is 0.644. The molecule has 2 N–H and O–H groups in total. The highest BCUT2D eigenvalue weighted by Gasteiger charge is 2.38. The van der Waals surface area contributed by atoms with E-state index in [9.17, 15) is 36.2 Å². The summed E-state index contributed by atoms with van der Waals surface area (Å²) in [5.41, 5.74) is 0.720. The number of carbonyl (C=O) groups is 2. The lowest BCUT2D eigenvalue weighted by atomic mass is 9.91. The number of halogens is 7. The van der Waals surface area contributed by atoms with Crippen molar-refractivity contribution < 1.29 is 46.1 Å². The predicted molar refractivity (Wildman–Crippen MR) is 95.9 cm³/mol.